The van der Waals surface area contributed by atoms with Crippen LogP contribution in [0.4, 0.5) is 0 Å². The first-order valence-corrected chi connectivity index (χ1v) is 9.41. The molecule has 1 N–H and O–H groups in total. The standard InChI is InChI=1S/C17H27N3OS/c1-11-7-5-6-8-15(11)20-16(21)10-9-14-12(2)18-17(22-4)19-13(14)3/h11,15H,5-10H2,1-4H3,(H,20,21). The average molecular weight is 321 g/mol. The van der Waals surface area contributed by atoms with Gasteiger partial charge in [-0.15, -0.1) is 0 Å². The van der Waals surface area contributed by atoms with E-state index in [1.807, 2.05) is 20.1 Å². The molecule has 1 aliphatic carbocycles. The number of rotatable bonds is 5. The first kappa shape index (κ1) is 17.3. The van der Waals surface area contributed by atoms with E-state index >= 15 is 0 Å². The van der Waals surface area contributed by atoms with Gasteiger partial charge in [-0.3, -0.25) is 4.79 Å². The molecule has 5 heteroatoms. The molecule has 0 saturated heterocycles. The SMILES string of the molecule is CSc1nc(C)c(CCC(=O)NC2CCCCC2C)c(C)n1. The van der Waals surface area contributed by atoms with E-state index in [4.69, 9.17) is 0 Å². The maximum absolute atomic E-state index is 12.2. The fraction of sp³-hybridized carbons (Fsp3) is 0.706. The molecule has 22 heavy (non-hydrogen) atoms. The second kappa shape index (κ2) is 7.95. The Kier molecular flexibility index (Phi) is 6.24. The maximum atomic E-state index is 12.2. The zero-order valence-electron chi connectivity index (χ0n) is 14.1. The average Bonchev–Trinajstić information content (AvgIpc) is 2.48. The van der Waals surface area contributed by atoms with Crippen molar-refractivity contribution in [2.45, 2.75) is 70.5 Å². The van der Waals surface area contributed by atoms with Crippen molar-refractivity contribution in [3.05, 3.63) is 17.0 Å². The van der Waals surface area contributed by atoms with E-state index in [-0.39, 0.29) is 5.91 Å². The molecule has 2 rings (SSSR count). The number of nitrogens with zero attached hydrogens (tertiary/aromatic N) is 2. The third-order valence-electron chi connectivity index (χ3n) is 4.64. The smallest absolute Gasteiger partial charge is 0.220 e. The number of hydrogen-bond acceptors (Lipinski definition) is 4. The first-order chi connectivity index (χ1) is 10.5. The molecule has 1 saturated carbocycles. The second-order valence-corrected chi connectivity index (χ2v) is 7.07. The van der Waals surface area contributed by atoms with Gasteiger partial charge in [-0.05, 0) is 50.8 Å². The van der Waals surface area contributed by atoms with E-state index in [9.17, 15) is 4.79 Å². The predicted molar refractivity (Wildman–Crippen MR) is 91.2 cm³/mol. The number of thioether (sulfide) groups is 1. The van der Waals surface area contributed by atoms with Gasteiger partial charge in [-0.2, -0.15) is 0 Å². The number of nitrogens with one attached hydrogen (secondary N) is 1. The highest BCUT2D eigenvalue weighted by molar-refractivity contribution is 7.98. The molecule has 0 spiro atoms. The zero-order valence-corrected chi connectivity index (χ0v) is 14.9. The van der Waals surface area contributed by atoms with Crippen LogP contribution in [0.5, 0.6) is 0 Å². The Balaban J connectivity index is 1.91. The van der Waals surface area contributed by atoms with Crippen LogP contribution in [0, 0.1) is 19.8 Å². The van der Waals surface area contributed by atoms with Gasteiger partial charge in [0.25, 0.3) is 0 Å². The summed E-state index contributed by atoms with van der Waals surface area (Å²) < 4.78 is 0. The van der Waals surface area contributed by atoms with Crippen molar-refractivity contribution in [3.63, 3.8) is 0 Å². The predicted octanol–water partition coefficient (Wildman–Crippen LogP) is 3.44. The summed E-state index contributed by atoms with van der Waals surface area (Å²) in [6, 6.07) is 0.360. The van der Waals surface area contributed by atoms with Crippen molar-refractivity contribution in [3.8, 4) is 0 Å². The van der Waals surface area contributed by atoms with Crippen LogP contribution in [0.25, 0.3) is 0 Å². The summed E-state index contributed by atoms with van der Waals surface area (Å²) in [5.41, 5.74) is 3.11. The minimum absolute atomic E-state index is 0.159. The highest BCUT2D eigenvalue weighted by atomic mass is 32.2. The minimum Gasteiger partial charge on any atom is -0.353 e. The van der Waals surface area contributed by atoms with Crippen molar-refractivity contribution < 1.29 is 4.79 Å². The fourth-order valence-electron chi connectivity index (χ4n) is 3.21. The minimum atomic E-state index is 0.159. The van der Waals surface area contributed by atoms with Crippen LogP contribution in [0.15, 0.2) is 5.16 Å². The molecule has 1 amide bonds. The largest absolute Gasteiger partial charge is 0.353 e. The van der Waals surface area contributed by atoms with Crippen LogP contribution in [-0.4, -0.2) is 28.2 Å². The molecule has 0 aromatic carbocycles. The topological polar surface area (TPSA) is 54.9 Å². The summed E-state index contributed by atoms with van der Waals surface area (Å²) in [6.07, 6.45) is 8.10. The number of aromatic nitrogens is 2. The number of hydrogen-bond donors (Lipinski definition) is 1. The van der Waals surface area contributed by atoms with Gasteiger partial charge in [-0.1, -0.05) is 31.5 Å². The highest BCUT2D eigenvalue weighted by Gasteiger charge is 2.22. The molecule has 0 aliphatic heterocycles. The van der Waals surface area contributed by atoms with Crippen LogP contribution < -0.4 is 5.32 Å². The van der Waals surface area contributed by atoms with Gasteiger partial charge in [0.05, 0.1) is 0 Å². The molecule has 1 heterocycles. The molecule has 2 atom stereocenters. The van der Waals surface area contributed by atoms with E-state index in [0.29, 0.717) is 18.4 Å². The molecule has 122 valence electrons. The third kappa shape index (κ3) is 4.45. The summed E-state index contributed by atoms with van der Waals surface area (Å²) in [6.45, 7) is 6.25. The maximum Gasteiger partial charge on any atom is 0.220 e. The van der Waals surface area contributed by atoms with Crippen LogP contribution in [0.2, 0.25) is 0 Å². The Bertz CT molecular complexity index is 510. The van der Waals surface area contributed by atoms with Crippen LogP contribution in [0.3, 0.4) is 0 Å². The van der Waals surface area contributed by atoms with Gasteiger partial charge in [0, 0.05) is 23.9 Å². The highest BCUT2D eigenvalue weighted by Crippen LogP contribution is 2.24. The van der Waals surface area contributed by atoms with E-state index in [0.717, 1.165) is 34.9 Å². The third-order valence-corrected chi connectivity index (χ3v) is 5.19. The van der Waals surface area contributed by atoms with Gasteiger partial charge < -0.3 is 5.32 Å². The van der Waals surface area contributed by atoms with E-state index < -0.39 is 0 Å². The molecule has 1 aliphatic rings. The molecule has 4 nitrogen and oxygen atoms in total. The molecular weight excluding hydrogens is 294 g/mol. The molecule has 2 unspecified atom stereocenters. The van der Waals surface area contributed by atoms with Crippen molar-refractivity contribution in [2.75, 3.05) is 6.26 Å². The Hall–Kier alpha value is -1.10. The number of aryl methyl sites for hydroxylation is 2. The molecule has 1 aromatic rings. The van der Waals surface area contributed by atoms with Crippen molar-refractivity contribution >= 4 is 17.7 Å². The lowest BCUT2D eigenvalue weighted by Gasteiger charge is -2.29. The zero-order chi connectivity index (χ0) is 16.1. The summed E-state index contributed by atoms with van der Waals surface area (Å²) in [5.74, 6) is 0.761. The summed E-state index contributed by atoms with van der Waals surface area (Å²) in [7, 11) is 0. The fourth-order valence-corrected chi connectivity index (χ4v) is 3.67. The van der Waals surface area contributed by atoms with Gasteiger partial charge in [0.1, 0.15) is 0 Å². The molecule has 0 bridgehead atoms. The van der Waals surface area contributed by atoms with Crippen LogP contribution in [-0.2, 0) is 11.2 Å². The quantitative estimate of drug-likeness (QED) is 0.667. The normalized spacial score (nSPS) is 21.6. The monoisotopic (exact) mass is 321 g/mol. The number of carbonyl (C=O) groups is 1. The van der Waals surface area contributed by atoms with E-state index in [2.05, 4.69) is 22.2 Å². The van der Waals surface area contributed by atoms with E-state index in [1.165, 1.54) is 19.3 Å². The van der Waals surface area contributed by atoms with E-state index in [1.54, 1.807) is 11.8 Å². The second-order valence-electron chi connectivity index (χ2n) is 6.30. The van der Waals surface area contributed by atoms with Gasteiger partial charge in [0.2, 0.25) is 5.91 Å². The lowest BCUT2D eigenvalue weighted by Crippen LogP contribution is -2.41. The molecule has 1 fully saturated rings. The Labute approximate surface area is 137 Å². The summed E-state index contributed by atoms with van der Waals surface area (Å²) >= 11 is 1.55. The van der Waals surface area contributed by atoms with Crippen molar-refractivity contribution in [1.82, 2.24) is 15.3 Å². The Morgan fingerprint density at radius 2 is 1.86 bits per heavy atom. The van der Waals surface area contributed by atoms with Gasteiger partial charge in [-0.25, -0.2) is 9.97 Å². The first-order valence-electron chi connectivity index (χ1n) is 8.18. The summed E-state index contributed by atoms with van der Waals surface area (Å²) in [5, 5.41) is 4.02. The Morgan fingerprint density at radius 3 is 2.45 bits per heavy atom. The number of amides is 1. The van der Waals surface area contributed by atoms with Gasteiger partial charge in [0.15, 0.2) is 5.16 Å². The lowest BCUT2D eigenvalue weighted by atomic mass is 9.86. The van der Waals surface area contributed by atoms with Gasteiger partial charge >= 0.3 is 0 Å². The van der Waals surface area contributed by atoms with Crippen molar-refractivity contribution in [1.29, 1.82) is 0 Å². The molecular formula is C17H27N3OS. The molecule has 0 radical (unpaired) electrons. The summed E-state index contributed by atoms with van der Waals surface area (Å²) in [4.78, 5) is 21.2. The van der Waals surface area contributed by atoms with Crippen LogP contribution in [0.1, 0.15) is 56.0 Å². The van der Waals surface area contributed by atoms with Crippen molar-refractivity contribution in [2.24, 2.45) is 5.92 Å². The number of carbonyl (C=O) groups excluding carboxylic acids is 1. The molecule has 1 aromatic heterocycles. The Morgan fingerprint density at radius 1 is 1.23 bits per heavy atom. The lowest BCUT2D eigenvalue weighted by molar-refractivity contribution is -0.122. The van der Waals surface area contributed by atoms with Crippen LogP contribution >= 0.6 is 11.8 Å².